The minimum absolute atomic E-state index is 0.0542. The fraction of sp³-hybridized carbons (Fsp3) is 0.286. The number of benzene rings is 2. The quantitative estimate of drug-likeness (QED) is 0.516. The van der Waals surface area contributed by atoms with Gasteiger partial charge in [-0.3, -0.25) is 14.1 Å². The summed E-state index contributed by atoms with van der Waals surface area (Å²) in [7, 11) is -4.89. The molecule has 0 aliphatic carbocycles. The molecule has 11 nitrogen and oxygen atoms in total. The van der Waals surface area contributed by atoms with E-state index < -0.39 is 46.4 Å². The van der Waals surface area contributed by atoms with Crippen molar-refractivity contribution in [1.29, 1.82) is 0 Å². The minimum atomic E-state index is -4.89. The van der Waals surface area contributed by atoms with E-state index in [1.807, 2.05) is 6.07 Å². The van der Waals surface area contributed by atoms with E-state index in [0.29, 0.717) is 16.3 Å². The predicted molar refractivity (Wildman–Crippen MR) is 116 cm³/mol. The molecule has 3 N–H and O–H groups in total. The Morgan fingerprint density at radius 2 is 1.67 bits per heavy atom. The highest BCUT2D eigenvalue weighted by atomic mass is 32.3. The standard InChI is InChI=1S/C21H22N4O7S/c26-19(17-12-11-16-13-24(17)21(28)25(16)32-33(29,30)31)23-18(14-7-3-1-4-8-14)20(27)22-15-9-5-2-6-10-15/h1-10,16-18H,11-13H2,(H,22,27)(H,23,26)(H,29,30,31)/t16-,17+,18-/m1/s1. The molecule has 0 unspecified atom stereocenters. The van der Waals surface area contributed by atoms with Crippen molar-refractivity contribution < 1.29 is 31.6 Å². The second-order valence-electron chi connectivity index (χ2n) is 7.72. The van der Waals surface area contributed by atoms with E-state index in [1.54, 1.807) is 54.6 Å². The Morgan fingerprint density at radius 3 is 2.30 bits per heavy atom. The lowest BCUT2D eigenvalue weighted by molar-refractivity contribution is -0.130. The van der Waals surface area contributed by atoms with Crippen LogP contribution in [0, 0.1) is 0 Å². The molecule has 2 fully saturated rings. The lowest BCUT2D eigenvalue weighted by atomic mass is 9.99. The summed E-state index contributed by atoms with van der Waals surface area (Å²) < 4.78 is 35.4. The van der Waals surface area contributed by atoms with Crippen molar-refractivity contribution in [3.8, 4) is 0 Å². The zero-order valence-corrected chi connectivity index (χ0v) is 18.1. The van der Waals surface area contributed by atoms with Crippen LogP contribution in [-0.2, 0) is 24.3 Å². The number of hydroxylamine groups is 2. The molecule has 3 atom stereocenters. The number of nitrogens with one attached hydrogen (secondary N) is 2. The number of urea groups is 1. The Morgan fingerprint density at radius 1 is 1.03 bits per heavy atom. The molecule has 2 bridgehead atoms. The van der Waals surface area contributed by atoms with Crippen LogP contribution in [0.15, 0.2) is 60.7 Å². The van der Waals surface area contributed by atoms with Crippen molar-refractivity contribution in [2.45, 2.75) is 31.0 Å². The number of carbonyl (C=O) groups is 3. The Bertz CT molecular complexity index is 1140. The van der Waals surface area contributed by atoms with Gasteiger partial charge in [-0.05, 0) is 30.5 Å². The fourth-order valence-corrected chi connectivity index (χ4v) is 4.41. The van der Waals surface area contributed by atoms with Crippen LogP contribution in [0.1, 0.15) is 24.4 Å². The maximum Gasteiger partial charge on any atom is 0.418 e. The maximum absolute atomic E-state index is 13.2. The van der Waals surface area contributed by atoms with Gasteiger partial charge in [-0.25, -0.2) is 4.79 Å². The molecule has 2 aliphatic rings. The van der Waals surface area contributed by atoms with Crippen molar-refractivity contribution in [2.75, 3.05) is 11.9 Å². The number of carbonyl (C=O) groups excluding carboxylic acids is 3. The first-order valence-corrected chi connectivity index (χ1v) is 11.6. The third-order valence-electron chi connectivity index (χ3n) is 5.52. The van der Waals surface area contributed by atoms with Gasteiger partial charge in [0, 0.05) is 12.2 Å². The van der Waals surface area contributed by atoms with Crippen molar-refractivity contribution in [2.24, 2.45) is 0 Å². The number of fused-ring (bicyclic) bond motifs is 2. The van der Waals surface area contributed by atoms with Crippen LogP contribution in [0.4, 0.5) is 10.5 Å². The van der Waals surface area contributed by atoms with Gasteiger partial charge in [0.1, 0.15) is 12.1 Å². The molecule has 0 spiro atoms. The molecule has 2 aliphatic heterocycles. The van der Waals surface area contributed by atoms with Gasteiger partial charge < -0.3 is 15.5 Å². The number of anilines is 1. The SMILES string of the molecule is O=C(Nc1ccccc1)[C@H](NC(=O)[C@@H]1CC[C@@H]2CN1C(=O)N2OS(=O)(=O)O)c1ccccc1. The number of amides is 4. The second-order valence-corrected chi connectivity index (χ2v) is 8.72. The molecule has 0 saturated carbocycles. The number of para-hydroxylation sites is 1. The number of hydrogen-bond acceptors (Lipinski definition) is 6. The Kier molecular flexibility index (Phi) is 6.31. The molecule has 174 valence electrons. The highest BCUT2D eigenvalue weighted by Crippen LogP contribution is 2.31. The van der Waals surface area contributed by atoms with E-state index in [4.69, 9.17) is 4.55 Å². The molecule has 4 rings (SSSR count). The molecular weight excluding hydrogens is 452 g/mol. The first-order valence-electron chi connectivity index (χ1n) is 10.2. The van der Waals surface area contributed by atoms with Crippen LogP contribution in [0.2, 0.25) is 0 Å². The van der Waals surface area contributed by atoms with Gasteiger partial charge in [0.25, 0.3) is 5.91 Å². The molecule has 33 heavy (non-hydrogen) atoms. The van der Waals surface area contributed by atoms with Gasteiger partial charge in [-0.15, -0.1) is 4.28 Å². The molecule has 0 radical (unpaired) electrons. The Labute approximate surface area is 190 Å². The van der Waals surface area contributed by atoms with E-state index >= 15 is 0 Å². The zero-order chi connectivity index (χ0) is 23.6. The zero-order valence-electron chi connectivity index (χ0n) is 17.3. The Hall–Kier alpha value is -3.48. The van der Waals surface area contributed by atoms with Crippen LogP contribution >= 0.6 is 0 Å². The van der Waals surface area contributed by atoms with Gasteiger partial charge in [-0.1, -0.05) is 48.5 Å². The van der Waals surface area contributed by atoms with Crippen LogP contribution < -0.4 is 10.6 Å². The largest absolute Gasteiger partial charge is 0.418 e. The maximum atomic E-state index is 13.2. The average Bonchev–Trinajstić information content (AvgIpc) is 3.02. The normalized spacial score (nSPS) is 20.9. The molecule has 0 aromatic heterocycles. The summed E-state index contributed by atoms with van der Waals surface area (Å²) >= 11 is 0. The smallest absolute Gasteiger partial charge is 0.339 e. The van der Waals surface area contributed by atoms with Gasteiger partial charge in [0.2, 0.25) is 5.91 Å². The van der Waals surface area contributed by atoms with E-state index in [1.165, 1.54) is 4.90 Å². The summed E-state index contributed by atoms with van der Waals surface area (Å²) in [4.78, 5) is 40.0. The van der Waals surface area contributed by atoms with Crippen molar-refractivity contribution in [3.05, 3.63) is 66.2 Å². The van der Waals surface area contributed by atoms with Crippen LogP contribution in [0.3, 0.4) is 0 Å². The molecule has 4 amide bonds. The first kappa shape index (κ1) is 22.7. The fourth-order valence-electron chi connectivity index (χ4n) is 4.02. The highest BCUT2D eigenvalue weighted by Gasteiger charge is 2.49. The van der Waals surface area contributed by atoms with Crippen molar-refractivity contribution >= 4 is 33.9 Å². The lowest BCUT2D eigenvalue weighted by Crippen LogP contribution is -2.51. The Balaban J connectivity index is 1.51. The average molecular weight is 474 g/mol. The van der Waals surface area contributed by atoms with Crippen LogP contribution in [0.25, 0.3) is 0 Å². The predicted octanol–water partition coefficient (Wildman–Crippen LogP) is 1.49. The second kappa shape index (κ2) is 9.17. The summed E-state index contributed by atoms with van der Waals surface area (Å²) in [5, 5.41) is 6.05. The third-order valence-corrected chi connectivity index (χ3v) is 5.87. The van der Waals surface area contributed by atoms with Gasteiger partial charge in [0.15, 0.2) is 0 Å². The molecular formula is C21H22N4O7S. The number of rotatable bonds is 7. The van der Waals surface area contributed by atoms with E-state index in [-0.39, 0.29) is 19.4 Å². The molecule has 2 aromatic rings. The molecule has 2 heterocycles. The molecule has 12 heteroatoms. The van der Waals surface area contributed by atoms with E-state index in [2.05, 4.69) is 14.9 Å². The summed E-state index contributed by atoms with van der Waals surface area (Å²) in [5.74, 6) is -1.02. The van der Waals surface area contributed by atoms with Gasteiger partial charge >= 0.3 is 16.4 Å². The van der Waals surface area contributed by atoms with Crippen LogP contribution in [-0.4, -0.2) is 59.4 Å². The third kappa shape index (κ3) is 5.13. The van der Waals surface area contributed by atoms with E-state index in [9.17, 15) is 22.8 Å². The summed E-state index contributed by atoms with van der Waals surface area (Å²) in [6.45, 7) is 0.0542. The molecule has 2 aromatic carbocycles. The summed E-state index contributed by atoms with van der Waals surface area (Å²) in [5.41, 5.74) is 1.11. The number of hydrogen-bond donors (Lipinski definition) is 3. The van der Waals surface area contributed by atoms with E-state index in [0.717, 1.165) is 0 Å². The van der Waals surface area contributed by atoms with Crippen LogP contribution in [0.5, 0.6) is 0 Å². The monoisotopic (exact) mass is 474 g/mol. The number of nitrogens with zero attached hydrogens (tertiary/aromatic N) is 2. The van der Waals surface area contributed by atoms with Gasteiger partial charge in [-0.2, -0.15) is 13.5 Å². The minimum Gasteiger partial charge on any atom is -0.339 e. The van der Waals surface area contributed by atoms with Gasteiger partial charge in [0.05, 0.1) is 6.04 Å². The number of piperidine rings is 1. The topological polar surface area (TPSA) is 145 Å². The van der Waals surface area contributed by atoms with Crippen molar-refractivity contribution in [1.82, 2.24) is 15.3 Å². The molecule has 2 saturated heterocycles. The summed E-state index contributed by atoms with van der Waals surface area (Å²) in [6.07, 6.45) is 0.511. The van der Waals surface area contributed by atoms with Crippen molar-refractivity contribution in [3.63, 3.8) is 0 Å². The highest BCUT2D eigenvalue weighted by molar-refractivity contribution is 7.80. The lowest BCUT2D eigenvalue weighted by Gasteiger charge is -2.30. The first-order chi connectivity index (χ1) is 15.7. The summed E-state index contributed by atoms with van der Waals surface area (Å²) in [6, 6.07) is 14.0.